The van der Waals surface area contributed by atoms with Crippen molar-refractivity contribution in [1.82, 2.24) is 10.2 Å². The molecule has 2 heteroatoms. The van der Waals surface area contributed by atoms with Crippen molar-refractivity contribution in [2.45, 2.75) is 60.4 Å². The summed E-state index contributed by atoms with van der Waals surface area (Å²) in [6.07, 6.45) is 2.62. The second-order valence-electron chi connectivity index (χ2n) is 7.12. The topological polar surface area (TPSA) is 15.3 Å². The smallest absolute Gasteiger partial charge is 0.0104 e. The van der Waals surface area contributed by atoms with Crippen molar-refractivity contribution in [3.63, 3.8) is 0 Å². The Morgan fingerprint density at radius 2 is 1.65 bits per heavy atom. The zero-order chi connectivity index (χ0) is 13.5. The molecule has 0 fully saturated rings. The van der Waals surface area contributed by atoms with Gasteiger partial charge in [-0.2, -0.15) is 0 Å². The molecule has 0 rings (SSSR count). The molecular weight excluding hydrogens is 208 g/mol. The van der Waals surface area contributed by atoms with Crippen molar-refractivity contribution in [3.8, 4) is 0 Å². The molecule has 1 atom stereocenters. The Balaban J connectivity index is 3.55. The van der Waals surface area contributed by atoms with Crippen LogP contribution in [0.1, 0.15) is 54.4 Å². The lowest BCUT2D eigenvalue weighted by Crippen LogP contribution is -2.37. The quantitative estimate of drug-likeness (QED) is 0.702. The summed E-state index contributed by atoms with van der Waals surface area (Å²) < 4.78 is 0. The molecule has 0 aromatic carbocycles. The van der Waals surface area contributed by atoms with Gasteiger partial charge in [0.2, 0.25) is 0 Å². The van der Waals surface area contributed by atoms with Gasteiger partial charge >= 0.3 is 0 Å². The van der Waals surface area contributed by atoms with E-state index in [1.807, 2.05) is 0 Å². The lowest BCUT2D eigenvalue weighted by molar-refractivity contribution is 0.225. The number of likely N-dealkylation sites (N-methyl/N-ethyl adjacent to an activating group) is 1. The van der Waals surface area contributed by atoms with E-state index in [9.17, 15) is 0 Å². The van der Waals surface area contributed by atoms with Gasteiger partial charge in [0.1, 0.15) is 0 Å². The van der Waals surface area contributed by atoms with E-state index >= 15 is 0 Å². The van der Waals surface area contributed by atoms with Crippen LogP contribution in [0.15, 0.2) is 0 Å². The van der Waals surface area contributed by atoms with Gasteiger partial charge in [0.15, 0.2) is 0 Å². The van der Waals surface area contributed by atoms with E-state index < -0.39 is 0 Å². The first-order valence-corrected chi connectivity index (χ1v) is 7.12. The van der Waals surface area contributed by atoms with Crippen molar-refractivity contribution in [2.75, 3.05) is 26.7 Å². The van der Waals surface area contributed by atoms with Gasteiger partial charge in [-0.15, -0.1) is 0 Å². The summed E-state index contributed by atoms with van der Waals surface area (Å²) in [7, 11) is 2.21. The number of nitrogens with one attached hydrogen (secondary N) is 1. The van der Waals surface area contributed by atoms with Gasteiger partial charge in [-0.25, -0.2) is 0 Å². The van der Waals surface area contributed by atoms with Crippen LogP contribution in [0.3, 0.4) is 0 Å². The van der Waals surface area contributed by atoms with Crippen molar-refractivity contribution < 1.29 is 0 Å². The monoisotopic (exact) mass is 242 g/mol. The SMILES string of the molecule is CC(C)CCC(C)NCCN(C)CC(C)(C)C. The number of hydrogen-bond acceptors (Lipinski definition) is 2. The maximum absolute atomic E-state index is 3.61. The van der Waals surface area contributed by atoms with Gasteiger partial charge in [-0.1, -0.05) is 34.6 Å². The Morgan fingerprint density at radius 3 is 2.12 bits per heavy atom. The van der Waals surface area contributed by atoms with Gasteiger partial charge in [0, 0.05) is 25.7 Å². The first kappa shape index (κ1) is 16.9. The van der Waals surface area contributed by atoms with Crippen LogP contribution in [0.2, 0.25) is 0 Å². The molecule has 104 valence electrons. The second kappa shape index (κ2) is 8.10. The van der Waals surface area contributed by atoms with Crippen LogP contribution in [0.25, 0.3) is 0 Å². The van der Waals surface area contributed by atoms with Crippen molar-refractivity contribution in [2.24, 2.45) is 11.3 Å². The first-order chi connectivity index (χ1) is 7.70. The zero-order valence-electron chi connectivity index (χ0n) is 13.1. The predicted molar refractivity (Wildman–Crippen MR) is 78.5 cm³/mol. The summed E-state index contributed by atoms with van der Waals surface area (Å²) in [5, 5.41) is 3.61. The maximum atomic E-state index is 3.61. The first-order valence-electron chi connectivity index (χ1n) is 7.12. The molecule has 0 saturated carbocycles. The molecule has 0 radical (unpaired) electrons. The maximum Gasteiger partial charge on any atom is 0.0104 e. The Labute approximate surface area is 109 Å². The fraction of sp³-hybridized carbons (Fsp3) is 1.00. The van der Waals surface area contributed by atoms with Gasteiger partial charge < -0.3 is 10.2 Å². The standard InChI is InChI=1S/C15H34N2/c1-13(2)8-9-14(3)16-10-11-17(7)12-15(4,5)6/h13-14,16H,8-12H2,1-7H3. The third-order valence-electron chi connectivity index (χ3n) is 2.91. The minimum Gasteiger partial charge on any atom is -0.313 e. The summed E-state index contributed by atoms with van der Waals surface area (Å²) in [5.74, 6) is 0.822. The molecule has 0 aliphatic rings. The molecule has 0 aliphatic heterocycles. The number of nitrogens with zero attached hydrogens (tertiary/aromatic N) is 1. The van der Waals surface area contributed by atoms with Crippen LogP contribution in [0.5, 0.6) is 0 Å². The summed E-state index contributed by atoms with van der Waals surface area (Å²) in [4.78, 5) is 2.42. The molecule has 2 nitrogen and oxygen atoms in total. The van der Waals surface area contributed by atoms with Crippen molar-refractivity contribution in [3.05, 3.63) is 0 Å². The Kier molecular flexibility index (Phi) is 8.06. The molecule has 1 N–H and O–H groups in total. The average Bonchev–Trinajstić information content (AvgIpc) is 2.11. The third-order valence-corrected chi connectivity index (χ3v) is 2.91. The van der Waals surface area contributed by atoms with E-state index in [1.165, 1.54) is 12.8 Å². The zero-order valence-corrected chi connectivity index (χ0v) is 13.1. The second-order valence-corrected chi connectivity index (χ2v) is 7.12. The Hall–Kier alpha value is -0.0800. The van der Waals surface area contributed by atoms with Crippen LogP contribution in [0, 0.1) is 11.3 Å². The van der Waals surface area contributed by atoms with Crippen molar-refractivity contribution >= 4 is 0 Å². The van der Waals surface area contributed by atoms with E-state index in [4.69, 9.17) is 0 Å². The third kappa shape index (κ3) is 12.2. The predicted octanol–water partition coefficient (Wildman–Crippen LogP) is 3.38. The molecular formula is C15H34N2. The number of hydrogen-bond donors (Lipinski definition) is 1. The van der Waals surface area contributed by atoms with Gasteiger partial charge in [0.05, 0.1) is 0 Å². The highest BCUT2D eigenvalue weighted by Gasteiger charge is 2.13. The Morgan fingerprint density at radius 1 is 1.06 bits per heavy atom. The van der Waals surface area contributed by atoms with Crippen LogP contribution in [-0.4, -0.2) is 37.6 Å². The fourth-order valence-electron chi connectivity index (χ4n) is 2.08. The van der Waals surface area contributed by atoms with Crippen molar-refractivity contribution in [1.29, 1.82) is 0 Å². The van der Waals surface area contributed by atoms with Gasteiger partial charge in [0.25, 0.3) is 0 Å². The number of rotatable bonds is 8. The fourth-order valence-corrected chi connectivity index (χ4v) is 2.08. The summed E-state index contributed by atoms with van der Waals surface area (Å²) in [6.45, 7) is 17.2. The van der Waals surface area contributed by atoms with Gasteiger partial charge in [-0.05, 0) is 38.1 Å². The molecule has 0 amide bonds. The molecule has 17 heavy (non-hydrogen) atoms. The normalized spacial score (nSPS) is 14.6. The van der Waals surface area contributed by atoms with Gasteiger partial charge in [-0.3, -0.25) is 0 Å². The molecule has 0 spiro atoms. The summed E-state index contributed by atoms with van der Waals surface area (Å²) in [5.41, 5.74) is 0.401. The molecule has 0 bridgehead atoms. The largest absolute Gasteiger partial charge is 0.313 e. The van der Waals surface area contributed by atoms with Crippen LogP contribution < -0.4 is 5.32 Å². The molecule has 0 aromatic rings. The Bertz CT molecular complexity index is 182. The summed E-state index contributed by atoms with van der Waals surface area (Å²) in [6, 6.07) is 0.653. The molecule has 0 heterocycles. The van der Waals surface area contributed by atoms with Crippen LogP contribution in [0.4, 0.5) is 0 Å². The highest BCUT2D eigenvalue weighted by Crippen LogP contribution is 2.13. The van der Waals surface area contributed by atoms with E-state index in [-0.39, 0.29) is 0 Å². The molecule has 0 aliphatic carbocycles. The highest BCUT2D eigenvalue weighted by atomic mass is 15.1. The van der Waals surface area contributed by atoms with E-state index in [2.05, 4.69) is 58.8 Å². The lowest BCUT2D eigenvalue weighted by Gasteiger charge is -2.27. The molecule has 0 saturated heterocycles. The minimum atomic E-state index is 0.401. The van der Waals surface area contributed by atoms with E-state index in [0.717, 1.165) is 25.6 Å². The molecule has 0 aromatic heterocycles. The average molecular weight is 242 g/mol. The van der Waals surface area contributed by atoms with E-state index in [0.29, 0.717) is 11.5 Å². The minimum absolute atomic E-state index is 0.401. The van der Waals surface area contributed by atoms with Crippen LogP contribution >= 0.6 is 0 Å². The lowest BCUT2D eigenvalue weighted by atomic mass is 9.96. The summed E-state index contributed by atoms with van der Waals surface area (Å²) >= 11 is 0. The van der Waals surface area contributed by atoms with E-state index in [1.54, 1.807) is 0 Å². The van der Waals surface area contributed by atoms with Crippen LogP contribution in [-0.2, 0) is 0 Å². The molecule has 1 unspecified atom stereocenters. The highest BCUT2D eigenvalue weighted by molar-refractivity contribution is 4.68.